The number of pyridine rings is 1. The van der Waals surface area contributed by atoms with Crippen LogP contribution in [0.1, 0.15) is 24.1 Å². The summed E-state index contributed by atoms with van der Waals surface area (Å²) in [5.74, 6) is 0.249. The maximum atomic E-state index is 13.8. The van der Waals surface area contributed by atoms with Gasteiger partial charge in [-0.15, -0.1) is 0 Å². The SMILES string of the molecule is C[C@H](Nc1nccc(-c2c(-c3ccc(F)cc3)nc3cc(CN(C)CCN(C)C)ccn23)n1)c1ccccc1. The molecule has 0 unspecified atom stereocenters. The number of imidazole rings is 1. The molecule has 0 spiro atoms. The second-order valence-corrected chi connectivity index (χ2v) is 10.2. The van der Waals surface area contributed by atoms with Gasteiger partial charge in [0.05, 0.1) is 23.1 Å². The maximum Gasteiger partial charge on any atom is 0.223 e. The molecule has 0 aliphatic carbocycles. The molecule has 5 aromatic rings. The predicted molar refractivity (Wildman–Crippen MR) is 155 cm³/mol. The van der Waals surface area contributed by atoms with Crippen LogP contribution in [0, 0.1) is 5.82 Å². The Balaban J connectivity index is 1.52. The quantitative estimate of drug-likeness (QED) is 0.251. The Hall–Kier alpha value is -4.14. The fourth-order valence-electron chi connectivity index (χ4n) is 4.58. The highest BCUT2D eigenvalue weighted by Gasteiger charge is 2.19. The van der Waals surface area contributed by atoms with E-state index in [4.69, 9.17) is 9.97 Å². The first-order valence-corrected chi connectivity index (χ1v) is 13.1. The van der Waals surface area contributed by atoms with Crippen molar-refractivity contribution in [2.45, 2.75) is 19.5 Å². The smallest absolute Gasteiger partial charge is 0.223 e. The fraction of sp³-hybridized carbons (Fsp3) is 0.258. The molecule has 7 nitrogen and oxygen atoms in total. The highest BCUT2D eigenvalue weighted by molar-refractivity contribution is 5.80. The van der Waals surface area contributed by atoms with Crippen molar-refractivity contribution < 1.29 is 4.39 Å². The molecule has 0 fully saturated rings. The summed E-state index contributed by atoms with van der Waals surface area (Å²) in [6.45, 7) is 4.86. The summed E-state index contributed by atoms with van der Waals surface area (Å²) in [5.41, 5.74) is 6.27. The number of nitrogens with one attached hydrogen (secondary N) is 1. The van der Waals surface area contributed by atoms with Crippen LogP contribution < -0.4 is 5.32 Å². The lowest BCUT2D eigenvalue weighted by Gasteiger charge is -2.19. The first-order valence-electron chi connectivity index (χ1n) is 13.1. The molecule has 0 radical (unpaired) electrons. The predicted octanol–water partition coefficient (Wildman–Crippen LogP) is 5.76. The summed E-state index contributed by atoms with van der Waals surface area (Å²) in [4.78, 5) is 18.8. The molecule has 2 aromatic carbocycles. The van der Waals surface area contributed by atoms with Crippen LogP contribution in [0.3, 0.4) is 0 Å². The van der Waals surface area contributed by atoms with Gasteiger partial charge in [0.2, 0.25) is 5.95 Å². The number of benzene rings is 2. The zero-order valence-electron chi connectivity index (χ0n) is 22.8. The minimum atomic E-state index is -0.282. The van der Waals surface area contributed by atoms with E-state index in [1.807, 2.05) is 30.5 Å². The normalized spacial score (nSPS) is 12.4. The monoisotopic (exact) mass is 523 g/mol. The van der Waals surface area contributed by atoms with Gasteiger partial charge in [0.1, 0.15) is 11.5 Å². The van der Waals surface area contributed by atoms with Crippen molar-refractivity contribution in [3.05, 3.63) is 102 Å². The van der Waals surface area contributed by atoms with Gasteiger partial charge < -0.3 is 15.1 Å². The highest BCUT2D eigenvalue weighted by Crippen LogP contribution is 2.33. The van der Waals surface area contributed by atoms with Gasteiger partial charge in [-0.05, 0) is 81.7 Å². The molecule has 0 amide bonds. The number of rotatable bonds is 10. The third kappa shape index (κ3) is 6.30. The molecule has 0 aliphatic rings. The van der Waals surface area contributed by atoms with E-state index >= 15 is 0 Å². The molecule has 200 valence electrons. The van der Waals surface area contributed by atoms with Gasteiger partial charge in [-0.25, -0.2) is 19.3 Å². The lowest BCUT2D eigenvalue weighted by atomic mass is 10.1. The average Bonchev–Trinajstić information content (AvgIpc) is 3.31. The number of nitrogens with zero attached hydrogens (tertiary/aromatic N) is 6. The number of halogens is 1. The zero-order chi connectivity index (χ0) is 27.4. The highest BCUT2D eigenvalue weighted by atomic mass is 19.1. The van der Waals surface area contributed by atoms with Gasteiger partial charge in [0.15, 0.2) is 0 Å². The largest absolute Gasteiger partial charge is 0.348 e. The number of likely N-dealkylation sites (N-methyl/N-ethyl adjacent to an activating group) is 2. The molecule has 0 saturated carbocycles. The van der Waals surface area contributed by atoms with Crippen molar-refractivity contribution in [3.8, 4) is 22.6 Å². The van der Waals surface area contributed by atoms with Crippen LogP contribution in [-0.2, 0) is 6.54 Å². The number of fused-ring (bicyclic) bond motifs is 1. The Morgan fingerprint density at radius 2 is 1.69 bits per heavy atom. The molecular weight excluding hydrogens is 489 g/mol. The number of hydrogen-bond donors (Lipinski definition) is 1. The van der Waals surface area contributed by atoms with E-state index in [9.17, 15) is 4.39 Å². The van der Waals surface area contributed by atoms with Gasteiger partial charge in [-0.2, -0.15) is 0 Å². The van der Waals surface area contributed by atoms with Crippen molar-refractivity contribution in [3.63, 3.8) is 0 Å². The van der Waals surface area contributed by atoms with Crippen LogP contribution in [0.2, 0.25) is 0 Å². The molecule has 1 N–H and O–H groups in total. The second kappa shape index (κ2) is 11.7. The summed E-state index contributed by atoms with van der Waals surface area (Å²) in [6.07, 6.45) is 3.80. The Bertz CT molecular complexity index is 1530. The number of hydrogen-bond acceptors (Lipinski definition) is 6. The molecule has 5 rings (SSSR count). The minimum Gasteiger partial charge on any atom is -0.348 e. The molecule has 3 heterocycles. The van der Waals surface area contributed by atoms with E-state index in [0.717, 1.165) is 53.5 Å². The average molecular weight is 524 g/mol. The molecule has 3 aromatic heterocycles. The Morgan fingerprint density at radius 1 is 0.923 bits per heavy atom. The van der Waals surface area contributed by atoms with Crippen molar-refractivity contribution >= 4 is 11.6 Å². The van der Waals surface area contributed by atoms with Crippen LogP contribution in [-0.4, -0.2) is 63.4 Å². The summed E-state index contributed by atoms with van der Waals surface area (Å²) < 4.78 is 15.8. The molecule has 1 atom stereocenters. The number of anilines is 1. The first-order chi connectivity index (χ1) is 18.9. The molecule has 39 heavy (non-hydrogen) atoms. The maximum absolute atomic E-state index is 13.8. The van der Waals surface area contributed by atoms with Crippen molar-refractivity contribution in [1.82, 2.24) is 29.2 Å². The van der Waals surface area contributed by atoms with Gasteiger partial charge in [0, 0.05) is 37.6 Å². The molecule has 8 heteroatoms. The third-order valence-corrected chi connectivity index (χ3v) is 6.73. The summed E-state index contributed by atoms with van der Waals surface area (Å²) >= 11 is 0. The van der Waals surface area contributed by atoms with Crippen LogP contribution in [0.5, 0.6) is 0 Å². The minimum absolute atomic E-state index is 0.0345. The van der Waals surface area contributed by atoms with E-state index < -0.39 is 0 Å². The molecular formula is C31H34FN7. The summed E-state index contributed by atoms with van der Waals surface area (Å²) in [6, 6.07) is 22.8. The van der Waals surface area contributed by atoms with Crippen molar-refractivity contribution in [2.24, 2.45) is 0 Å². The van der Waals surface area contributed by atoms with Gasteiger partial charge in [-0.1, -0.05) is 30.3 Å². The van der Waals surface area contributed by atoms with E-state index in [0.29, 0.717) is 5.95 Å². The lowest BCUT2D eigenvalue weighted by Crippen LogP contribution is -2.28. The first kappa shape index (κ1) is 26.5. The summed E-state index contributed by atoms with van der Waals surface area (Å²) in [5, 5.41) is 3.42. The van der Waals surface area contributed by atoms with E-state index in [1.54, 1.807) is 18.3 Å². The molecule has 0 bridgehead atoms. The molecule has 0 aliphatic heterocycles. The topological polar surface area (TPSA) is 61.6 Å². The van der Waals surface area contributed by atoms with Crippen molar-refractivity contribution in [1.29, 1.82) is 0 Å². The lowest BCUT2D eigenvalue weighted by molar-refractivity contribution is 0.276. The van der Waals surface area contributed by atoms with Gasteiger partial charge in [-0.3, -0.25) is 4.40 Å². The van der Waals surface area contributed by atoms with E-state index in [-0.39, 0.29) is 11.9 Å². The fourth-order valence-corrected chi connectivity index (χ4v) is 4.58. The third-order valence-electron chi connectivity index (χ3n) is 6.73. The van der Waals surface area contributed by atoms with Crippen LogP contribution >= 0.6 is 0 Å². The Kier molecular flexibility index (Phi) is 7.95. The second-order valence-electron chi connectivity index (χ2n) is 10.2. The Morgan fingerprint density at radius 3 is 2.44 bits per heavy atom. The summed E-state index contributed by atoms with van der Waals surface area (Å²) in [7, 11) is 6.29. The van der Waals surface area contributed by atoms with Gasteiger partial charge >= 0.3 is 0 Å². The standard InChI is InChI=1S/C31H34FN7/c1-22(24-8-6-5-7-9-24)34-31-33-16-14-27(35-31)30-29(25-10-12-26(32)13-11-25)36-28-20-23(15-17-39(28)30)21-38(4)19-18-37(2)3/h5-17,20,22H,18-19,21H2,1-4H3,(H,33,34,35)/t22-/m0/s1. The number of aromatic nitrogens is 4. The van der Waals surface area contributed by atoms with E-state index in [2.05, 4.69) is 76.8 Å². The van der Waals surface area contributed by atoms with Gasteiger partial charge in [0.25, 0.3) is 0 Å². The van der Waals surface area contributed by atoms with E-state index in [1.165, 1.54) is 17.7 Å². The molecule has 0 saturated heterocycles. The Labute approximate surface area is 229 Å². The van der Waals surface area contributed by atoms with Crippen molar-refractivity contribution in [2.75, 3.05) is 39.5 Å². The van der Waals surface area contributed by atoms with Crippen LogP contribution in [0.15, 0.2) is 85.2 Å². The van der Waals surface area contributed by atoms with Crippen LogP contribution in [0.4, 0.5) is 10.3 Å². The van der Waals surface area contributed by atoms with Crippen LogP contribution in [0.25, 0.3) is 28.3 Å². The zero-order valence-corrected chi connectivity index (χ0v) is 22.8.